The molecule has 176 valence electrons. The number of rotatable bonds is 4. The van der Waals surface area contributed by atoms with Crippen molar-refractivity contribution >= 4 is 27.9 Å². The van der Waals surface area contributed by atoms with Gasteiger partial charge in [-0.2, -0.15) is 0 Å². The molecular formula is C27H31N5O2. The summed E-state index contributed by atoms with van der Waals surface area (Å²) in [5.74, 6) is 0.400. The molecule has 0 aromatic carbocycles. The second-order valence-electron chi connectivity index (χ2n) is 9.97. The number of nitrogens with zero attached hydrogens (tertiary/aromatic N) is 4. The van der Waals surface area contributed by atoms with Crippen LogP contribution in [0.1, 0.15) is 52.4 Å². The Kier molecular flexibility index (Phi) is 5.37. The molecule has 7 nitrogen and oxygen atoms in total. The van der Waals surface area contributed by atoms with Crippen LogP contribution in [0.15, 0.2) is 47.7 Å². The zero-order chi connectivity index (χ0) is 23.2. The van der Waals surface area contributed by atoms with Gasteiger partial charge in [-0.15, -0.1) is 0 Å². The standard InChI is InChI=1S/C27H31N5O2/c1-17-10-19(11-18(2)34-17)16-31-24-13-22(21-12-20-8-9-28-25(20)29-14-21)15-30-26(24)32(27(31)33)23-6-4-3-5-7-23/h6,8-9,12-15,17-19H,3-5,7,10-11,16H2,1-2H3,(H,28,29)/t17-,18+,19?. The number of H-pyrrole nitrogens is 1. The van der Waals surface area contributed by atoms with E-state index >= 15 is 0 Å². The van der Waals surface area contributed by atoms with Crippen molar-refractivity contribution in [1.29, 1.82) is 0 Å². The summed E-state index contributed by atoms with van der Waals surface area (Å²) in [6.07, 6.45) is 14.4. The molecular weight excluding hydrogens is 426 g/mol. The normalized spacial score (nSPS) is 23.5. The Morgan fingerprint density at radius 1 is 1.09 bits per heavy atom. The predicted octanol–water partition coefficient (Wildman–Crippen LogP) is 5.36. The topological polar surface area (TPSA) is 77.7 Å². The molecule has 0 spiro atoms. The molecule has 7 heteroatoms. The maximum Gasteiger partial charge on any atom is 0.334 e. The summed E-state index contributed by atoms with van der Waals surface area (Å²) in [5.41, 5.74) is 5.61. The zero-order valence-electron chi connectivity index (χ0n) is 19.8. The van der Waals surface area contributed by atoms with Gasteiger partial charge in [0.05, 0.1) is 17.7 Å². The minimum absolute atomic E-state index is 0.0267. The fraction of sp³-hybridized carbons (Fsp3) is 0.444. The van der Waals surface area contributed by atoms with E-state index in [0.29, 0.717) is 12.5 Å². The first-order chi connectivity index (χ1) is 16.6. The van der Waals surface area contributed by atoms with Crippen LogP contribution in [0.5, 0.6) is 0 Å². The minimum Gasteiger partial charge on any atom is -0.376 e. The van der Waals surface area contributed by atoms with E-state index < -0.39 is 0 Å². The third-order valence-electron chi connectivity index (χ3n) is 7.30. The first kappa shape index (κ1) is 21.4. The van der Waals surface area contributed by atoms with Crippen molar-refractivity contribution in [2.75, 3.05) is 0 Å². The van der Waals surface area contributed by atoms with Crippen molar-refractivity contribution in [2.24, 2.45) is 5.92 Å². The van der Waals surface area contributed by atoms with Crippen molar-refractivity contribution < 1.29 is 4.74 Å². The number of aromatic nitrogens is 5. The van der Waals surface area contributed by atoms with E-state index in [1.807, 2.05) is 33.8 Å². The Labute approximate surface area is 198 Å². The fourth-order valence-corrected chi connectivity index (χ4v) is 5.80. The van der Waals surface area contributed by atoms with Crippen LogP contribution in [0.2, 0.25) is 0 Å². The maximum atomic E-state index is 13.8. The summed E-state index contributed by atoms with van der Waals surface area (Å²) in [7, 11) is 0. The number of hydrogen-bond donors (Lipinski definition) is 1. The first-order valence-corrected chi connectivity index (χ1v) is 12.5. The SMILES string of the molecule is C[C@@H]1CC(Cn2c(=O)n(C3=CCCCC3)c3ncc(-c4cnc5[nH]ccc5c4)cc32)C[C@H](C)O1. The highest BCUT2D eigenvalue weighted by molar-refractivity contribution is 5.85. The molecule has 6 rings (SSSR count). The first-order valence-electron chi connectivity index (χ1n) is 12.5. The van der Waals surface area contributed by atoms with Crippen LogP contribution in [-0.2, 0) is 11.3 Å². The largest absolute Gasteiger partial charge is 0.376 e. The van der Waals surface area contributed by atoms with Crippen molar-refractivity contribution in [3.8, 4) is 11.1 Å². The van der Waals surface area contributed by atoms with Crippen LogP contribution in [0.4, 0.5) is 0 Å². The second-order valence-corrected chi connectivity index (χ2v) is 9.97. The quantitative estimate of drug-likeness (QED) is 0.447. The fourth-order valence-electron chi connectivity index (χ4n) is 5.80. The smallest absolute Gasteiger partial charge is 0.334 e. The van der Waals surface area contributed by atoms with Gasteiger partial charge < -0.3 is 9.72 Å². The van der Waals surface area contributed by atoms with Crippen molar-refractivity contribution in [3.05, 3.63) is 53.3 Å². The molecule has 3 atom stereocenters. The lowest BCUT2D eigenvalue weighted by atomic mass is 9.92. The number of ether oxygens (including phenoxy) is 1. The molecule has 4 aromatic heterocycles. The lowest BCUT2D eigenvalue weighted by Gasteiger charge is -2.32. The van der Waals surface area contributed by atoms with Crippen molar-refractivity contribution in [1.82, 2.24) is 24.1 Å². The van der Waals surface area contributed by atoms with E-state index in [1.54, 1.807) is 0 Å². The Hall–Kier alpha value is -3.19. The molecule has 0 saturated carbocycles. The van der Waals surface area contributed by atoms with E-state index in [0.717, 1.165) is 71.1 Å². The molecule has 4 aromatic rings. The summed E-state index contributed by atoms with van der Waals surface area (Å²) in [4.78, 5) is 26.3. The van der Waals surface area contributed by atoms with Gasteiger partial charge in [0, 0.05) is 47.3 Å². The summed E-state index contributed by atoms with van der Waals surface area (Å²) in [5, 5.41) is 1.06. The summed E-state index contributed by atoms with van der Waals surface area (Å²) >= 11 is 0. The van der Waals surface area contributed by atoms with Crippen LogP contribution in [0.3, 0.4) is 0 Å². The molecule has 1 saturated heterocycles. The predicted molar refractivity (Wildman–Crippen MR) is 135 cm³/mol. The monoisotopic (exact) mass is 457 g/mol. The van der Waals surface area contributed by atoms with Gasteiger partial charge in [-0.25, -0.2) is 19.3 Å². The van der Waals surface area contributed by atoms with Crippen LogP contribution >= 0.6 is 0 Å². The summed E-state index contributed by atoms with van der Waals surface area (Å²) in [6, 6.07) is 6.26. The average Bonchev–Trinajstić information content (AvgIpc) is 3.41. The third kappa shape index (κ3) is 3.78. The second kappa shape index (κ2) is 8.55. The highest BCUT2D eigenvalue weighted by Crippen LogP contribution is 2.30. The molecule has 5 heterocycles. The van der Waals surface area contributed by atoms with Gasteiger partial charge in [0.25, 0.3) is 0 Å². The van der Waals surface area contributed by atoms with Crippen molar-refractivity contribution in [2.45, 2.75) is 71.1 Å². The molecule has 0 radical (unpaired) electrons. The lowest BCUT2D eigenvalue weighted by molar-refractivity contribution is -0.0548. The van der Waals surface area contributed by atoms with Gasteiger partial charge in [0.15, 0.2) is 5.65 Å². The van der Waals surface area contributed by atoms with Gasteiger partial charge >= 0.3 is 5.69 Å². The molecule has 1 N–H and O–H groups in total. The minimum atomic E-state index is 0.0267. The Morgan fingerprint density at radius 3 is 2.68 bits per heavy atom. The highest BCUT2D eigenvalue weighted by Gasteiger charge is 2.27. The molecule has 0 bridgehead atoms. The lowest BCUT2D eigenvalue weighted by Crippen LogP contribution is -2.34. The maximum absolute atomic E-state index is 13.8. The molecule has 1 aliphatic heterocycles. The van der Waals surface area contributed by atoms with Gasteiger partial charge in [-0.05, 0) is 76.5 Å². The Bertz CT molecular complexity index is 1430. The zero-order valence-corrected chi connectivity index (χ0v) is 19.8. The van der Waals surface area contributed by atoms with E-state index in [-0.39, 0.29) is 17.9 Å². The van der Waals surface area contributed by atoms with Crippen LogP contribution in [-0.4, -0.2) is 36.3 Å². The van der Waals surface area contributed by atoms with E-state index in [9.17, 15) is 4.79 Å². The van der Waals surface area contributed by atoms with Gasteiger partial charge in [0.2, 0.25) is 0 Å². The number of allylic oxidation sites excluding steroid dienone is 2. The summed E-state index contributed by atoms with van der Waals surface area (Å²) in [6.45, 7) is 4.95. The van der Waals surface area contributed by atoms with Crippen LogP contribution in [0.25, 0.3) is 39.0 Å². The van der Waals surface area contributed by atoms with Crippen LogP contribution < -0.4 is 5.69 Å². The third-order valence-corrected chi connectivity index (χ3v) is 7.30. The Balaban J connectivity index is 1.48. The number of pyridine rings is 2. The number of nitrogens with one attached hydrogen (secondary N) is 1. The number of fused-ring (bicyclic) bond motifs is 2. The summed E-state index contributed by atoms with van der Waals surface area (Å²) < 4.78 is 9.77. The highest BCUT2D eigenvalue weighted by atomic mass is 16.5. The Morgan fingerprint density at radius 2 is 1.88 bits per heavy atom. The average molecular weight is 458 g/mol. The van der Waals surface area contributed by atoms with E-state index in [4.69, 9.17) is 9.72 Å². The van der Waals surface area contributed by atoms with E-state index in [1.165, 1.54) is 6.42 Å². The van der Waals surface area contributed by atoms with Crippen molar-refractivity contribution in [3.63, 3.8) is 0 Å². The van der Waals surface area contributed by atoms with E-state index in [2.05, 4.69) is 42.0 Å². The van der Waals surface area contributed by atoms with Gasteiger partial charge in [-0.3, -0.25) is 4.57 Å². The number of hydrogen-bond acceptors (Lipinski definition) is 4. The van der Waals surface area contributed by atoms with Gasteiger partial charge in [0.1, 0.15) is 5.65 Å². The molecule has 1 fully saturated rings. The number of imidazole rings is 1. The van der Waals surface area contributed by atoms with Crippen LogP contribution in [0, 0.1) is 5.92 Å². The number of aromatic amines is 1. The van der Waals surface area contributed by atoms with Gasteiger partial charge in [-0.1, -0.05) is 6.08 Å². The molecule has 1 unspecified atom stereocenters. The molecule has 34 heavy (non-hydrogen) atoms. The molecule has 0 amide bonds. The molecule has 2 aliphatic rings. The molecule has 1 aliphatic carbocycles.